The standard InChI is InChI=1S/C10H14BrNOS/c1-2-12-10-4-13-3-7(10)8-5-14-6-9(8)11/h5-7,10,12H,2-4H2,1H3. The van der Waals surface area contributed by atoms with Crippen LogP contribution in [0.5, 0.6) is 0 Å². The van der Waals surface area contributed by atoms with Gasteiger partial charge in [-0.3, -0.25) is 0 Å². The number of hydrogen-bond donors (Lipinski definition) is 1. The Kier molecular flexibility index (Phi) is 3.60. The number of hydrogen-bond acceptors (Lipinski definition) is 3. The number of likely N-dealkylation sites (N-methyl/N-ethyl adjacent to an activating group) is 1. The molecule has 0 aromatic carbocycles. The summed E-state index contributed by atoms with van der Waals surface area (Å²) in [4.78, 5) is 0. The van der Waals surface area contributed by atoms with Crippen LogP contribution in [0.1, 0.15) is 18.4 Å². The number of halogens is 1. The SMILES string of the molecule is CCNC1COCC1c1cscc1Br. The summed E-state index contributed by atoms with van der Waals surface area (Å²) in [6.07, 6.45) is 0. The fourth-order valence-electron chi connectivity index (χ4n) is 1.88. The van der Waals surface area contributed by atoms with E-state index in [1.165, 1.54) is 10.0 Å². The molecule has 78 valence electrons. The zero-order valence-corrected chi connectivity index (χ0v) is 10.5. The fourth-order valence-corrected chi connectivity index (χ4v) is 3.54. The zero-order valence-electron chi connectivity index (χ0n) is 8.13. The van der Waals surface area contributed by atoms with Crippen LogP contribution in [0.15, 0.2) is 15.2 Å². The second-order valence-electron chi connectivity index (χ2n) is 3.48. The van der Waals surface area contributed by atoms with E-state index in [0.29, 0.717) is 12.0 Å². The second-order valence-corrected chi connectivity index (χ2v) is 5.08. The Hall–Kier alpha value is 0.100. The Morgan fingerprint density at radius 1 is 1.57 bits per heavy atom. The van der Waals surface area contributed by atoms with Gasteiger partial charge in [-0.1, -0.05) is 6.92 Å². The van der Waals surface area contributed by atoms with Crippen molar-refractivity contribution >= 4 is 27.3 Å². The predicted molar refractivity (Wildman–Crippen MR) is 63.0 cm³/mol. The van der Waals surface area contributed by atoms with Crippen LogP contribution in [-0.2, 0) is 4.74 Å². The van der Waals surface area contributed by atoms with E-state index in [-0.39, 0.29) is 0 Å². The third-order valence-corrected chi connectivity index (χ3v) is 4.34. The van der Waals surface area contributed by atoms with Gasteiger partial charge in [0.2, 0.25) is 0 Å². The summed E-state index contributed by atoms with van der Waals surface area (Å²) in [5.41, 5.74) is 1.39. The van der Waals surface area contributed by atoms with E-state index in [9.17, 15) is 0 Å². The average Bonchev–Trinajstić information content (AvgIpc) is 2.74. The third kappa shape index (κ3) is 2.03. The highest BCUT2D eigenvalue weighted by Gasteiger charge is 2.30. The second kappa shape index (κ2) is 4.75. The van der Waals surface area contributed by atoms with Crippen molar-refractivity contribution in [2.75, 3.05) is 19.8 Å². The van der Waals surface area contributed by atoms with Gasteiger partial charge in [-0.25, -0.2) is 0 Å². The molecule has 0 aliphatic carbocycles. The van der Waals surface area contributed by atoms with Crippen molar-refractivity contribution in [2.45, 2.75) is 18.9 Å². The Labute approximate surface area is 96.8 Å². The summed E-state index contributed by atoms with van der Waals surface area (Å²) in [7, 11) is 0. The van der Waals surface area contributed by atoms with Gasteiger partial charge in [0.15, 0.2) is 0 Å². The molecule has 1 saturated heterocycles. The molecule has 1 N–H and O–H groups in total. The lowest BCUT2D eigenvalue weighted by Crippen LogP contribution is -2.34. The van der Waals surface area contributed by atoms with Crippen molar-refractivity contribution in [3.05, 3.63) is 20.8 Å². The predicted octanol–water partition coefficient (Wildman–Crippen LogP) is 2.60. The van der Waals surface area contributed by atoms with E-state index in [4.69, 9.17) is 4.74 Å². The van der Waals surface area contributed by atoms with Gasteiger partial charge in [-0.2, -0.15) is 11.3 Å². The minimum Gasteiger partial charge on any atom is -0.379 e. The van der Waals surface area contributed by atoms with Gasteiger partial charge in [0.25, 0.3) is 0 Å². The first-order valence-corrected chi connectivity index (χ1v) is 6.59. The molecule has 1 aliphatic rings. The van der Waals surface area contributed by atoms with E-state index in [2.05, 4.69) is 38.9 Å². The maximum Gasteiger partial charge on any atom is 0.0626 e. The summed E-state index contributed by atoms with van der Waals surface area (Å²) < 4.78 is 6.75. The Bertz CT molecular complexity index is 302. The van der Waals surface area contributed by atoms with E-state index in [1.807, 2.05) is 0 Å². The Morgan fingerprint density at radius 2 is 2.43 bits per heavy atom. The molecule has 2 heterocycles. The van der Waals surface area contributed by atoms with Crippen molar-refractivity contribution in [1.82, 2.24) is 5.32 Å². The molecule has 0 bridgehead atoms. The summed E-state index contributed by atoms with van der Waals surface area (Å²) in [5.74, 6) is 0.510. The molecular weight excluding hydrogens is 262 g/mol. The van der Waals surface area contributed by atoms with Gasteiger partial charge in [-0.15, -0.1) is 0 Å². The van der Waals surface area contributed by atoms with Crippen LogP contribution in [0.25, 0.3) is 0 Å². The normalized spacial score (nSPS) is 27.0. The molecule has 2 nitrogen and oxygen atoms in total. The van der Waals surface area contributed by atoms with E-state index < -0.39 is 0 Å². The number of rotatable bonds is 3. The van der Waals surface area contributed by atoms with Crippen LogP contribution in [0.4, 0.5) is 0 Å². The molecule has 0 spiro atoms. The molecule has 1 fully saturated rings. The van der Waals surface area contributed by atoms with Gasteiger partial charge >= 0.3 is 0 Å². The first-order valence-electron chi connectivity index (χ1n) is 4.85. The lowest BCUT2D eigenvalue weighted by atomic mass is 9.97. The molecule has 0 radical (unpaired) electrons. The topological polar surface area (TPSA) is 21.3 Å². The lowest BCUT2D eigenvalue weighted by Gasteiger charge is -2.17. The summed E-state index contributed by atoms with van der Waals surface area (Å²) in [6.45, 7) is 4.82. The van der Waals surface area contributed by atoms with Crippen molar-refractivity contribution in [3.63, 3.8) is 0 Å². The van der Waals surface area contributed by atoms with Crippen LogP contribution in [0.2, 0.25) is 0 Å². The molecule has 2 unspecified atom stereocenters. The minimum atomic E-state index is 0.478. The summed E-state index contributed by atoms with van der Waals surface area (Å²) in [6, 6.07) is 0.478. The smallest absolute Gasteiger partial charge is 0.0626 e. The van der Waals surface area contributed by atoms with Gasteiger partial charge in [0.05, 0.1) is 13.2 Å². The summed E-state index contributed by atoms with van der Waals surface area (Å²) in [5, 5.41) is 7.82. The van der Waals surface area contributed by atoms with E-state index in [0.717, 1.165) is 19.8 Å². The lowest BCUT2D eigenvalue weighted by molar-refractivity contribution is 0.188. The highest BCUT2D eigenvalue weighted by atomic mass is 79.9. The van der Waals surface area contributed by atoms with Crippen LogP contribution in [-0.4, -0.2) is 25.8 Å². The number of thiophene rings is 1. The van der Waals surface area contributed by atoms with E-state index in [1.54, 1.807) is 11.3 Å². The molecule has 2 rings (SSSR count). The summed E-state index contributed by atoms with van der Waals surface area (Å²) >= 11 is 5.32. The van der Waals surface area contributed by atoms with Crippen molar-refractivity contribution < 1.29 is 4.74 Å². The first kappa shape index (κ1) is 10.6. The zero-order chi connectivity index (χ0) is 9.97. The first-order chi connectivity index (χ1) is 6.83. The largest absolute Gasteiger partial charge is 0.379 e. The molecule has 0 amide bonds. The van der Waals surface area contributed by atoms with Gasteiger partial charge < -0.3 is 10.1 Å². The molecule has 14 heavy (non-hydrogen) atoms. The van der Waals surface area contributed by atoms with Gasteiger partial charge in [-0.05, 0) is 33.4 Å². The molecule has 1 aromatic rings. The monoisotopic (exact) mass is 275 g/mol. The molecule has 4 heteroatoms. The maximum absolute atomic E-state index is 5.52. The highest BCUT2D eigenvalue weighted by Crippen LogP contribution is 2.33. The molecule has 1 aliphatic heterocycles. The van der Waals surface area contributed by atoms with Crippen LogP contribution < -0.4 is 5.32 Å². The molecule has 1 aromatic heterocycles. The molecule has 2 atom stereocenters. The molecular formula is C10H14BrNOS. The van der Waals surface area contributed by atoms with E-state index >= 15 is 0 Å². The van der Waals surface area contributed by atoms with Crippen molar-refractivity contribution in [2.24, 2.45) is 0 Å². The van der Waals surface area contributed by atoms with Crippen LogP contribution >= 0.6 is 27.3 Å². The molecule has 0 saturated carbocycles. The maximum atomic E-state index is 5.52. The minimum absolute atomic E-state index is 0.478. The van der Waals surface area contributed by atoms with Crippen molar-refractivity contribution in [1.29, 1.82) is 0 Å². The third-order valence-electron chi connectivity index (χ3n) is 2.59. The Morgan fingerprint density at radius 3 is 3.07 bits per heavy atom. The fraction of sp³-hybridized carbons (Fsp3) is 0.600. The van der Waals surface area contributed by atoms with Crippen LogP contribution in [0.3, 0.4) is 0 Å². The Balaban J connectivity index is 2.13. The highest BCUT2D eigenvalue weighted by molar-refractivity contribution is 9.10. The van der Waals surface area contributed by atoms with Gasteiger partial charge in [0.1, 0.15) is 0 Å². The van der Waals surface area contributed by atoms with Crippen LogP contribution in [0, 0.1) is 0 Å². The number of ether oxygens (including phenoxy) is 1. The average molecular weight is 276 g/mol. The quantitative estimate of drug-likeness (QED) is 0.916. The van der Waals surface area contributed by atoms with Crippen molar-refractivity contribution in [3.8, 4) is 0 Å². The van der Waals surface area contributed by atoms with Gasteiger partial charge in [0, 0.05) is 21.8 Å². The number of nitrogens with one attached hydrogen (secondary N) is 1.